The molecule has 1 aromatic heterocycles. The summed E-state index contributed by atoms with van der Waals surface area (Å²) in [5.74, 6) is 2.07. The lowest BCUT2D eigenvalue weighted by atomic mass is 10.1. The van der Waals surface area contributed by atoms with Crippen LogP contribution in [0.3, 0.4) is 0 Å². The zero-order valence-electron chi connectivity index (χ0n) is 17.2. The maximum Gasteiger partial charge on any atom is 0.261 e. The number of benzene rings is 2. The number of methoxy groups -OCH3 is 2. The average Bonchev–Trinajstić information content (AvgIpc) is 2.79. The summed E-state index contributed by atoms with van der Waals surface area (Å²) in [5.41, 5.74) is 2.04. The second-order valence-electron chi connectivity index (χ2n) is 7.36. The van der Waals surface area contributed by atoms with Gasteiger partial charge in [0.1, 0.15) is 17.3 Å². The number of ether oxygens (including phenoxy) is 2. The molecule has 1 aliphatic heterocycles. The maximum absolute atomic E-state index is 12.7. The van der Waals surface area contributed by atoms with Crippen molar-refractivity contribution >= 4 is 16.8 Å². The van der Waals surface area contributed by atoms with Gasteiger partial charge in [0.05, 0.1) is 25.1 Å². The van der Waals surface area contributed by atoms with Crippen molar-refractivity contribution in [2.24, 2.45) is 0 Å². The Hall–Kier alpha value is -3.35. The molecular formula is C23H25N3O4. The van der Waals surface area contributed by atoms with Gasteiger partial charge < -0.3 is 14.8 Å². The van der Waals surface area contributed by atoms with Crippen molar-refractivity contribution in [3.63, 3.8) is 0 Å². The molecule has 0 bridgehead atoms. The van der Waals surface area contributed by atoms with Crippen LogP contribution in [-0.4, -0.2) is 36.2 Å². The zero-order chi connectivity index (χ0) is 21.1. The predicted molar refractivity (Wildman–Crippen MR) is 115 cm³/mol. The maximum atomic E-state index is 12.7. The molecule has 0 aliphatic carbocycles. The van der Waals surface area contributed by atoms with E-state index in [4.69, 9.17) is 9.47 Å². The minimum Gasteiger partial charge on any atom is -0.497 e. The summed E-state index contributed by atoms with van der Waals surface area (Å²) in [6.45, 7) is 1.17. The van der Waals surface area contributed by atoms with Crippen LogP contribution in [0.15, 0.2) is 41.2 Å². The molecule has 7 heteroatoms. The Morgan fingerprint density at radius 1 is 1.13 bits per heavy atom. The van der Waals surface area contributed by atoms with E-state index in [1.54, 1.807) is 37.0 Å². The number of amides is 1. The Labute approximate surface area is 174 Å². The Bertz CT molecular complexity index is 1150. The first-order valence-corrected chi connectivity index (χ1v) is 10.1. The van der Waals surface area contributed by atoms with E-state index in [-0.39, 0.29) is 11.5 Å². The van der Waals surface area contributed by atoms with Crippen LogP contribution in [0.4, 0.5) is 0 Å². The Morgan fingerprint density at radius 2 is 2.00 bits per heavy atom. The van der Waals surface area contributed by atoms with Gasteiger partial charge in [0, 0.05) is 31.1 Å². The molecular weight excluding hydrogens is 382 g/mol. The van der Waals surface area contributed by atoms with Crippen LogP contribution in [0, 0.1) is 0 Å². The van der Waals surface area contributed by atoms with Crippen LogP contribution in [0.2, 0.25) is 0 Å². The molecule has 0 radical (unpaired) electrons. The summed E-state index contributed by atoms with van der Waals surface area (Å²) in [4.78, 5) is 30.0. The molecule has 0 saturated carbocycles. The van der Waals surface area contributed by atoms with E-state index in [1.165, 1.54) is 0 Å². The molecule has 30 heavy (non-hydrogen) atoms. The van der Waals surface area contributed by atoms with E-state index in [0.29, 0.717) is 36.0 Å². The third kappa shape index (κ3) is 3.87. The van der Waals surface area contributed by atoms with Crippen molar-refractivity contribution in [2.75, 3.05) is 20.8 Å². The number of nitrogens with zero attached hydrogens (tertiary/aromatic N) is 2. The number of carbonyl (C=O) groups excluding carboxylic acids is 1. The highest BCUT2D eigenvalue weighted by Gasteiger charge is 2.16. The summed E-state index contributed by atoms with van der Waals surface area (Å²) in [5, 5.41) is 3.49. The summed E-state index contributed by atoms with van der Waals surface area (Å²) in [6.07, 6.45) is 3.46. The number of hydrogen-bond acceptors (Lipinski definition) is 5. The molecule has 0 saturated heterocycles. The van der Waals surface area contributed by atoms with Crippen LogP contribution < -0.4 is 20.3 Å². The summed E-state index contributed by atoms with van der Waals surface area (Å²) in [6, 6.07) is 10.7. The molecule has 2 heterocycles. The van der Waals surface area contributed by atoms with Crippen molar-refractivity contribution in [2.45, 2.75) is 32.2 Å². The van der Waals surface area contributed by atoms with Crippen molar-refractivity contribution in [1.29, 1.82) is 0 Å². The normalized spacial score (nSPS) is 13.0. The van der Waals surface area contributed by atoms with Crippen LogP contribution in [0.5, 0.6) is 11.5 Å². The smallest absolute Gasteiger partial charge is 0.261 e. The van der Waals surface area contributed by atoms with E-state index in [0.717, 1.165) is 42.1 Å². The average molecular weight is 407 g/mol. The quantitative estimate of drug-likeness (QED) is 0.679. The SMILES string of the molecule is COc1ccc(CCNC(=O)c2ccc3c(=O)n4c(nc3c2)CCCC4)c(OC)c1. The molecule has 0 unspecified atom stereocenters. The van der Waals surface area contributed by atoms with Gasteiger partial charge in [0.2, 0.25) is 0 Å². The Kier molecular flexibility index (Phi) is 5.70. The standard InChI is InChI=1S/C23H25N3O4/c1-29-17-8-6-15(20(14-17)30-2)10-11-24-22(27)16-7-9-18-19(13-16)25-21-5-3-4-12-26(21)23(18)28/h6-9,13-14H,3-5,10-12H2,1-2H3,(H,24,27). The third-order valence-corrected chi connectivity index (χ3v) is 5.50. The fourth-order valence-corrected chi connectivity index (χ4v) is 3.85. The van der Waals surface area contributed by atoms with E-state index < -0.39 is 0 Å². The summed E-state index contributed by atoms with van der Waals surface area (Å²) < 4.78 is 12.4. The molecule has 1 aliphatic rings. The van der Waals surface area contributed by atoms with Crippen LogP contribution in [-0.2, 0) is 19.4 Å². The topological polar surface area (TPSA) is 82.5 Å². The Balaban J connectivity index is 1.48. The molecule has 7 nitrogen and oxygen atoms in total. The number of fused-ring (bicyclic) bond motifs is 2. The third-order valence-electron chi connectivity index (χ3n) is 5.50. The highest BCUT2D eigenvalue weighted by Crippen LogP contribution is 2.24. The van der Waals surface area contributed by atoms with Crippen molar-refractivity contribution in [3.05, 3.63) is 63.7 Å². The van der Waals surface area contributed by atoms with E-state index in [9.17, 15) is 9.59 Å². The number of hydrogen-bond donors (Lipinski definition) is 1. The lowest BCUT2D eigenvalue weighted by molar-refractivity contribution is 0.0954. The lowest BCUT2D eigenvalue weighted by Gasteiger charge is -2.17. The van der Waals surface area contributed by atoms with Gasteiger partial charge in [-0.25, -0.2) is 4.98 Å². The highest BCUT2D eigenvalue weighted by atomic mass is 16.5. The first-order valence-electron chi connectivity index (χ1n) is 10.1. The molecule has 3 aromatic rings. The van der Waals surface area contributed by atoms with Crippen LogP contribution >= 0.6 is 0 Å². The molecule has 156 valence electrons. The van der Waals surface area contributed by atoms with Gasteiger partial charge in [-0.05, 0) is 49.1 Å². The van der Waals surface area contributed by atoms with Crippen LogP contribution in [0.1, 0.15) is 34.6 Å². The first kappa shape index (κ1) is 19.9. The van der Waals surface area contributed by atoms with Crippen molar-refractivity contribution in [3.8, 4) is 11.5 Å². The lowest BCUT2D eigenvalue weighted by Crippen LogP contribution is -2.29. The minimum absolute atomic E-state index is 0.0201. The minimum atomic E-state index is -0.191. The van der Waals surface area contributed by atoms with Gasteiger partial charge in [-0.1, -0.05) is 6.07 Å². The molecule has 1 N–H and O–H groups in total. The Morgan fingerprint density at radius 3 is 2.80 bits per heavy atom. The molecule has 0 fully saturated rings. The molecule has 0 atom stereocenters. The van der Waals surface area contributed by atoms with E-state index in [2.05, 4.69) is 10.3 Å². The number of carbonyl (C=O) groups is 1. The predicted octanol–water partition coefficient (Wildman–Crippen LogP) is 2.72. The molecule has 2 aromatic carbocycles. The van der Waals surface area contributed by atoms with Crippen molar-refractivity contribution in [1.82, 2.24) is 14.9 Å². The van der Waals surface area contributed by atoms with E-state index >= 15 is 0 Å². The van der Waals surface area contributed by atoms with Gasteiger partial charge >= 0.3 is 0 Å². The van der Waals surface area contributed by atoms with Crippen molar-refractivity contribution < 1.29 is 14.3 Å². The molecule has 0 spiro atoms. The van der Waals surface area contributed by atoms with Gasteiger partial charge in [-0.15, -0.1) is 0 Å². The number of nitrogens with one attached hydrogen (secondary N) is 1. The fraction of sp³-hybridized carbons (Fsp3) is 0.348. The number of rotatable bonds is 6. The number of aryl methyl sites for hydroxylation is 1. The van der Waals surface area contributed by atoms with Gasteiger partial charge in [0.25, 0.3) is 11.5 Å². The molecule has 4 rings (SSSR count). The molecule has 1 amide bonds. The summed E-state index contributed by atoms with van der Waals surface area (Å²) >= 11 is 0. The van der Waals surface area contributed by atoms with Gasteiger partial charge in [0.15, 0.2) is 0 Å². The second kappa shape index (κ2) is 8.57. The zero-order valence-corrected chi connectivity index (χ0v) is 17.2. The first-order chi connectivity index (χ1) is 14.6. The monoisotopic (exact) mass is 407 g/mol. The summed E-state index contributed by atoms with van der Waals surface area (Å²) in [7, 11) is 3.22. The van der Waals surface area contributed by atoms with Crippen LogP contribution in [0.25, 0.3) is 10.9 Å². The second-order valence-corrected chi connectivity index (χ2v) is 7.36. The largest absolute Gasteiger partial charge is 0.497 e. The van der Waals surface area contributed by atoms with Gasteiger partial charge in [-0.2, -0.15) is 0 Å². The highest BCUT2D eigenvalue weighted by molar-refractivity contribution is 5.97. The van der Waals surface area contributed by atoms with E-state index in [1.807, 2.05) is 18.2 Å². The number of aromatic nitrogens is 2. The van der Waals surface area contributed by atoms with Gasteiger partial charge in [-0.3, -0.25) is 14.2 Å². The fourth-order valence-electron chi connectivity index (χ4n) is 3.85.